The molecule has 1 aliphatic carbocycles. The number of nitrogens with two attached hydrogens (primary N) is 1. The zero-order valence-electron chi connectivity index (χ0n) is 12.6. The number of carbonyl (C=O) groups excluding carboxylic acids is 2. The summed E-state index contributed by atoms with van der Waals surface area (Å²) in [5.41, 5.74) is 6.01. The second-order valence-electron chi connectivity index (χ2n) is 5.87. The molecule has 22 heavy (non-hydrogen) atoms. The van der Waals surface area contributed by atoms with Crippen LogP contribution in [-0.4, -0.2) is 23.8 Å². The van der Waals surface area contributed by atoms with E-state index in [4.69, 9.17) is 17.3 Å². The third-order valence-electron chi connectivity index (χ3n) is 4.07. The molecule has 2 rings (SSSR count). The van der Waals surface area contributed by atoms with Crippen molar-refractivity contribution in [2.45, 2.75) is 38.1 Å². The minimum absolute atomic E-state index is 0. The summed E-state index contributed by atoms with van der Waals surface area (Å²) in [5, 5.41) is 3.57. The van der Waals surface area contributed by atoms with Crippen molar-refractivity contribution in [3.8, 4) is 0 Å². The van der Waals surface area contributed by atoms with Gasteiger partial charge < -0.3 is 11.1 Å². The van der Waals surface area contributed by atoms with Crippen LogP contribution in [0.3, 0.4) is 0 Å². The molecule has 1 fully saturated rings. The molecule has 0 aromatic heterocycles. The van der Waals surface area contributed by atoms with Crippen LogP contribution in [0.4, 0.5) is 0 Å². The molecule has 6 heteroatoms. The topological polar surface area (TPSA) is 72.2 Å². The van der Waals surface area contributed by atoms with Crippen molar-refractivity contribution < 1.29 is 9.59 Å². The molecule has 0 heterocycles. The Kier molecular flexibility index (Phi) is 6.85. The van der Waals surface area contributed by atoms with E-state index in [9.17, 15) is 9.59 Å². The van der Waals surface area contributed by atoms with E-state index in [1.54, 1.807) is 24.3 Å². The maximum atomic E-state index is 12.0. The quantitative estimate of drug-likeness (QED) is 0.747. The van der Waals surface area contributed by atoms with Crippen molar-refractivity contribution in [3.05, 3.63) is 34.9 Å². The number of nitrogens with one attached hydrogen (secondary N) is 1. The first kappa shape index (κ1) is 18.9. The second kappa shape index (κ2) is 7.95. The van der Waals surface area contributed by atoms with Crippen LogP contribution in [-0.2, 0) is 4.79 Å². The van der Waals surface area contributed by atoms with Gasteiger partial charge in [0.2, 0.25) is 5.91 Å². The van der Waals surface area contributed by atoms with Gasteiger partial charge in [0.05, 0.1) is 5.54 Å². The SMILES string of the molecule is CC(CN)(NC(=O)CCC(=O)c1ccc(Cl)cc1)C1CC1.Cl. The van der Waals surface area contributed by atoms with E-state index in [0.717, 1.165) is 12.8 Å². The van der Waals surface area contributed by atoms with Gasteiger partial charge in [0.25, 0.3) is 0 Å². The maximum Gasteiger partial charge on any atom is 0.220 e. The lowest BCUT2D eigenvalue weighted by Gasteiger charge is -2.29. The van der Waals surface area contributed by atoms with Crippen LogP contribution in [0.5, 0.6) is 0 Å². The van der Waals surface area contributed by atoms with Crippen LogP contribution in [0.15, 0.2) is 24.3 Å². The highest BCUT2D eigenvalue weighted by molar-refractivity contribution is 6.30. The van der Waals surface area contributed by atoms with Crippen molar-refractivity contribution in [3.63, 3.8) is 0 Å². The molecule has 3 N–H and O–H groups in total. The molecule has 1 amide bonds. The Morgan fingerprint density at radius 3 is 2.36 bits per heavy atom. The Labute approximate surface area is 142 Å². The first-order chi connectivity index (χ1) is 9.94. The number of amides is 1. The minimum atomic E-state index is -0.333. The highest BCUT2D eigenvalue weighted by Crippen LogP contribution is 2.39. The highest BCUT2D eigenvalue weighted by Gasteiger charge is 2.41. The fourth-order valence-electron chi connectivity index (χ4n) is 2.43. The Hall–Kier alpha value is -1.10. The smallest absolute Gasteiger partial charge is 0.220 e. The van der Waals surface area contributed by atoms with Crippen LogP contribution in [0.1, 0.15) is 43.0 Å². The molecule has 4 nitrogen and oxygen atoms in total. The maximum absolute atomic E-state index is 12.0. The molecule has 0 aliphatic heterocycles. The number of Topliss-reactive ketones (excluding diaryl/α,β-unsaturated/α-hetero) is 1. The Morgan fingerprint density at radius 1 is 1.27 bits per heavy atom. The van der Waals surface area contributed by atoms with Gasteiger partial charge in [0, 0.05) is 30.0 Å². The summed E-state index contributed by atoms with van der Waals surface area (Å²) < 4.78 is 0. The number of halogens is 2. The minimum Gasteiger partial charge on any atom is -0.349 e. The van der Waals surface area contributed by atoms with Crippen LogP contribution in [0.2, 0.25) is 5.02 Å². The van der Waals surface area contributed by atoms with E-state index in [0.29, 0.717) is 23.0 Å². The van der Waals surface area contributed by atoms with Gasteiger partial charge in [0.1, 0.15) is 0 Å². The zero-order valence-corrected chi connectivity index (χ0v) is 14.2. The summed E-state index contributed by atoms with van der Waals surface area (Å²) >= 11 is 5.78. The first-order valence-corrected chi connectivity index (χ1v) is 7.62. The van der Waals surface area contributed by atoms with Gasteiger partial charge in [-0.25, -0.2) is 0 Å². The van der Waals surface area contributed by atoms with Gasteiger partial charge in [-0.3, -0.25) is 9.59 Å². The molecule has 0 spiro atoms. The predicted octanol–water partition coefficient (Wildman–Crippen LogP) is 2.97. The number of benzene rings is 1. The van der Waals surface area contributed by atoms with Crippen molar-refractivity contribution in [2.75, 3.05) is 6.54 Å². The molecule has 1 aromatic carbocycles. The lowest BCUT2D eigenvalue weighted by Crippen LogP contribution is -2.53. The van der Waals surface area contributed by atoms with Gasteiger partial charge in [-0.1, -0.05) is 11.6 Å². The molecule has 122 valence electrons. The summed E-state index contributed by atoms with van der Waals surface area (Å²) in [6.07, 6.45) is 2.60. The van der Waals surface area contributed by atoms with Gasteiger partial charge >= 0.3 is 0 Å². The molecule has 0 saturated heterocycles. The summed E-state index contributed by atoms with van der Waals surface area (Å²) in [5.74, 6) is 0.304. The van der Waals surface area contributed by atoms with Crippen LogP contribution >= 0.6 is 24.0 Å². The summed E-state index contributed by atoms with van der Waals surface area (Å²) in [7, 11) is 0. The molecule has 0 bridgehead atoms. The average molecular weight is 345 g/mol. The van der Waals surface area contributed by atoms with Crippen LogP contribution < -0.4 is 11.1 Å². The number of ketones is 1. The molecule has 1 aromatic rings. The molecule has 1 saturated carbocycles. The molecule has 1 unspecified atom stereocenters. The Bertz CT molecular complexity index is 529. The summed E-state index contributed by atoms with van der Waals surface area (Å²) in [4.78, 5) is 24.0. The molecule has 0 radical (unpaired) electrons. The molecular weight excluding hydrogens is 323 g/mol. The third-order valence-corrected chi connectivity index (χ3v) is 4.32. The fraction of sp³-hybridized carbons (Fsp3) is 0.500. The van der Waals surface area contributed by atoms with E-state index in [1.807, 2.05) is 6.92 Å². The lowest BCUT2D eigenvalue weighted by atomic mass is 9.95. The number of hydrogen-bond acceptors (Lipinski definition) is 3. The Morgan fingerprint density at radius 2 is 1.86 bits per heavy atom. The fourth-order valence-corrected chi connectivity index (χ4v) is 2.55. The largest absolute Gasteiger partial charge is 0.349 e. The molecule has 1 atom stereocenters. The van der Waals surface area contributed by atoms with Gasteiger partial charge in [-0.15, -0.1) is 12.4 Å². The highest BCUT2D eigenvalue weighted by atomic mass is 35.5. The standard InChI is InChI=1S/C16H21ClN2O2.ClH/c1-16(10-18,12-4-5-12)19-15(21)9-8-14(20)11-2-6-13(17)7-3-11;/h2-3,6-7,12H,4-5,8-10,18H2,1H3,(H,19,21);1H. The first-order valence-electron chi connectivity index (χ1n) is 7.24. The number of carbonyl (C=O) groups is 2. The van der Waals surface area contributed by atoms with Gasteiger partial charge in [-0.05, 0) is 49.9 Å². The summed E-state index contributed by atoms with van der Waals surface area (Å²) in [6.45, 7) is 2.40. The van der Waals surface area contributed by atoms with E-state index in [1.165, 1.54) is 0 Å². The van der Waals surface area contributed by atoms with Crippen molar-refractivity contribution >= 4 is 35.7 Å². The van der Waals surface area contributed by atoms with Crippen molar-refractivity contribution in [2.24, 2.45) is 11.7 Å². The van der Waals surface area contributed by atoms with Crippen LogP contribution in [0, 0.1) is 5.92 Å². The van der Waals surface area contributed by atoms with Crippen molar-refractivity contribution in [1.29, 1.82) is 0 Å². The van der Waals surface area contributed by atoms with E-state index in [-0.39, 0.29) is 42.5 Å². The van der Waals surface area contributed by atoms with Gasteiger partial charge in [-0.2, -0.15) is 0 Å². The Balaban J connectivity index is 0.00000242. The van der Waals surface area contributed by atoms with E-state index < -0.39 is 0 Å². The summed E-state index contributed by atoms with van der Waals surface area (Å²) in [6, 6.07) is 6.70. The molecular formula is C16H22Cl2N2O2. The third kappa shape index (κ3) is 4.97. The van der Waals surface area contributed by atoms with Gasteiger partial charge in [0.15, 0.2) is 5.78 Å². The average Bonchev–Trinajstić information content (AvgIpc) is 3.30. The lowest BCUT2D eigenvalue weighted by molar-refractivity contribution is -0.123. The van der Waals surface area contributed by atoms with Crippen molar-refractivity contribution in [1.82, 2.24) is 5.32 Å². The van der Waals surface area contributed by atoms with E-state index >= 15 is 0 Å². The number of hydrogen-bond donors (Lipinski definition) is 2. The normalized spacial score (nSPS) is 16.3. The molecule has 1 aliphatic rings. The van der Waals surface area contributed by atoms with Crippen LogP contribution in [0.25, 0.3) is 0 Å². The van der Waals surface area contributed by atoms with E-state index in [2.05, 4.69) is 5.32 Å². The second-order valence-corrected chi connectivity index (χ2v) is 6.31. The predicted molar refractivity (Wildman–Crippen MR) is 90.6 cm³/mol. The number of rotatable bonds is 7. The monoisotopic (exact) mass is 344 g/mol. The zero-order chi connectivity index (χ0) is 15.5.